The Bertz CT molecular complexity index is 716. The highest BCUT2D eigenvalue weighted by Crippen LogP contribution is 2.16. The van der Waals surface area contributed by atoms with E-state index in [4.69, 9.17) is 0 Å². The van der Waals surface area contributed by atoms with Gasteiger partial charge >= 0.3 is 6.09 Å². The van der Waals surface area contributed by atoms with Gasteiger partial charge in [0.25, 0.3) is 5.91 Å². The summed E-state index contributed by atoms with van der Waals surface area (Å²) in [4.78, 5) is 23.3. The second kappa shape index (κ2) is 6.71. The zero-order valence-electron chi connectivity index (χ0n) is 12.1. The van der Waals surface area contributed by atoms with E-state index in [1.807, 2.05) is 0 Å². The highest BCUT2D eigenvalue weighted by Gasteiger charge is 2.09. The molecule has 2 aromatic carbocycles. The summed E-state index contributed by atoms with van der Waals surface area (Å²) in [5, 5.41) is 5.06. The third-order valence-corrected chi connectivity index (χ3v) is 2.99. The van der Waals surface area contributed by atoms with E-state index in [1.165, 1.54) is 19.2 Å². The zero-order valence-corrected chi connectivity index (χ0v) is 12.1. The first-order valence-corrected chi connectivity index (χ1v) is 6.52. The van der Waals surface area contributed by atoms with Gasteiger partial charge in [0.15, 0.2) is 0 Å². The molecular weight excluding hydrogens is 287 g/mol. The van der Waals surface area contributed by atoms with Crippen LogP contribution in [0, 0.1) is 12.7 Å². The summed E-state index contributed by atoms with van der Waals surface area (Å²) in [6.45, 7) is 1.64. The summed E-state index contributed by atoms with van der Waals surface area (Å²) in [7, 11) is 1.25. The van der Waals surface area contributed by atoms with Crippen LogP contribution in [-0.2, 0) is 4.74 Å². The number of ether oxygens (including phenoxy) is 1. The van der Waals surface area contributed by atoms with E-state index in [2.05, 4.69) is 15.4 Å². The van der Waals surface area contributed by atoms with Crippen LogP contribution in [0.25, 0.3) is 0 Å². The molecule has 2 rings (SSSR count). The molecule has 0 bridgehead atoms. The van der Waals surface area contributed by atoms with E-state index < -0.39 is 12.0 Å². The predicted molar refractivity (Wildman–Crippen MR) is 81.6 cm³/mol. The Morgan fingerprint density at radius 3 is 2.45 bits per heavy atom. The van der Waals surface area contributed by atoms with Crippen LogP contribution < -0.4 is 10.6 Å². The molecule has 0 aromatic heterocycles. The molecule has 0 heterocycles. The number of hydrogen-bond donors (Lipinski definition) is 2. The van der Waals surface area contributed by atoms with Crippen molar-refractivity contribution >= 4 is 23.4 Å². The summed E-state index contributed by atoms with van der Waals surface area (Å²) in [5.74, 6) is -0.796. The van der Waals surface area contributed by atoms with Crippen molar-refractivity contribution in [3.63, 3.8) is 0 Å². The first-order valence-electron chi connectivity index (χ1n) is 6.52. The molecule has 114 valence electrons. The minimum Gasteiger partial charge on any atom is -0.453 e. The van der Waals surface area contributed by atoms with Gasteiger partial charge in [0.1, 0.15) is 5.82 Å². The van der Waals surface area contributed by atoms with Crippen LogP contribution in [0.4, 0.5) is 20.6 Å². The van der Waals surface area contributed by atoms with E-state index >= 15 is 0 Å². The molecule has 0 unspecified atom stereocenters. The molecule has 0 fully saturated rings. The van der Waals surface area contributed by atoms with Crippen LogP contribution in [-0.4, -0.2) is 19.1 Å². The molecule has 5 nitrogen and oxygen atoms in total. The Morgan fingerprint density at radius 1 is 1.05 bits per heavy atom. The molecule has 0 aliphatic heterocycles. The molecule has 0 atom stereocenters. The molecule has 0 saturated heterocycles. The Morgan fingerprint density at radius 2 is 1.77 bits per heavy atom. The maximum Gasteiger partial charge on any atom is 0.411 e. The summed E-state index contributed by atoms with van der Waals surface area (Å²) < 4.78 is 17.9. The number of carbonyl (C=O) groups excluding carboxylic acids is 2. The summed E-state index contributed by atoms with van der Waals surface area (Å²) in [6, 6.07) is 10.8. The number of rotatable bonds is 3. The Hall–Kier alpha value is -2.89. The number of amides is 2. The molecule has 6 heteroatoms. The molecule has 2 N–H and O–H groups in total. The molecule has 0 spiro atoms. The maximum absolute atomic E-state index is 13.5. The van der Waals surface area contributed by atoms with Gasteiger partial charge in [-0.15, -0.1) is 0 Å². The first kappa shape index (κ1) is 15.5. The first-order chi connectivity index (χ1) is 10.5. The van der Waals surface area contributed by atoms with Gasteiger partial charge in [-0.05, 0) is 42.8 Å². The normalized spacial score (nSPS) is 9.95. The van der Waals surface area contributed by atoms with E-state index in [1.54, 1.807) is 37.3 Å². The molecule has 2 aromatic rings. The number of carbonyl (C=O) groups is 2. The highest BCUT2D eigenvalue weighted by molar-refractivity contribution is 6.05. The van der Waals surface area contributed by atoms with Crippen LogP contribution >= 0.6 is 0 Å². The summed E-state index contributed by atoms with van der Waals surface area (Å²) in [6.07, 6.45) is -0.627. The number of methoxy groups -OCH3 is 1. The van der Waals surface area contributed by atoms with Gasteiger partial charge in [0.05, 0.1) is 7.11 Å². The van der Waals surface area contributed by atoms with Crippen LogP contribution in [0.15, 0.2) is 42.5 Å². The Balaban J connectivity index is 2.13. The number of hydrogen-bond acceptors (Lipinski definition) is 3. The summed E-state index contributed by atoms with van der Waals surface area (Å²) >= 11 is 0. The SMILES string of the molecule is COC(=O)Nc1cccc(C(=O)Nc2ccc(C)c(F)c2)c1. The van der Waals surface area contributed by atoms with Gasteiger partial charge < -0.3 is 10.1 Å². The van der Waals surface area contributed by atoms with Gasteiger partial charge in [-0.2, -0.15) is 0 Å². The van der Waals surface area contributed by atoms with Gasteiger partial charge in [0.2, 0.25) is 0 Å². The monoisotopic (exact) mass is 302 g/mol. The lowest BCUT2D eigenvalue weighted by atomic mass is 10.1. The largest absolute Gasteiger partial charge is 0.453 e. The second-order valence-electron chi connectivity index (χ2n) is 4.62. The fourth-order valence-electron chi connectivity index (χ4n) is 1.78. The van der Waals surface area contributed by atoms with Crippen molar-refractivity contribution in [3.05, 3.63) is 59.4 Å². The van der Waals surface area contributed by atoms with Crippen molar-refractivity contribution in [2.75, 3.05) is 17.7 Å². The standard InChI is InChI=1S/C16H15FN2O3/c1-10-6-7-13(9-14(10)17)18-15(20)11-4-3-5-12(8-11)19-16(21)22-2/h3-9H,1-2H3,(H,18,20)(H,19,21). The maximum atomic E-state index is 13.5. The van der Waals surface area contributed by atoms with Gasteiger partial charge in [-0.3, -0.25) is 10.1 Å². The smallest absolute Gasteiger partial charge is 0.411 e. The third kappa shape index (κ3) is 3.82. The fraction of sp³-hybridized carbons (Fsp3) is 0.125. The van der Waals surface area contributed by atoms with Gasteiger partial charge in [0, 0.05) is 16.9 Å². The molecule has 0 radical (unpaired) electrons. The van der Waals surface area contributed by atoms with Crippen LogP contribution in [0.5, 0.6) is 0 Å². The zero-order chi connectivity index (χ0) is 16.1. The quantitative estimate of drug-likeness (QED) is 0.911. The molecule has 0 aliphatic rings. The number of anilines is 2. The third-order valence-electron chi connectivity index (χ3n) is 2.99. The van der Waals surface area contributed by atoms with Crippen LogP contribution in [0.2, 0.25) is 0 Å². The number of halogens is 1. The Labute approximate surface area is 127 Å². The molecule has 0 saturated carbocycles. The van der Waals surface area contributed by atoms with Crippen molar-refractivity contribution in [1.82, 2.24) is 0 Å². The van der Waals surface area contributed by atoms with E-state index in [-0.39, 0.29) is 5.82 Å². The Kier molecular flexibility index (Phi) is 4.73. The summed E-state index contributed by atoms with van der Waals surface area (Å²) in [5.41, 5.74) is 1.62. The lowest BCUT2D eigenvalue weighted by molar-refractivity contribution is 0.102. The average Bonchev–Trinajstić information content (AvgIpc) is 2.51. The van der Waals surface area contributed by atoms with Crippen molar-refractivity contribution in [2.24, 2.45) is 0 Å². The second-order valence-corrected chi connectivity index (χ2v) is 4.62. The van der Waals surface area contributed by atoms with Crippen LogP contribution in [0.3, 0.4) is 0 Å². The molecule has 0 aliphatic carbocycles. The minimum absolute atomic E-state index is 0.329. The fourth-order valence-corrected chi connectivity index (χ4v) is 1.78. The molecule has 2 amide bonds. The molecule has 22 heavy (non-hydrogen) atoms. The van der Waals surface area contributed by atoms with Gasteiger partial charge in [-0.1, -0.05) is 12.1 Å². The van der Waals surface area contributed by atoms with Crippen molar-refractivity contribution in [1.29, 1.82) is 0 Å². The predicted octanol–water partition coefficient (Wildman–Crippen LogP) is 3.56. The molecular formula is C16H15FN2O3. The highest BCUT2D eigenvalue weighted by atomic mass is 19.1. The van der Waals surface area contributed by atoms with E-state index in [9.17, 15) is 14.0 Å². The van der Waals surface area contributed by atoms with E-state index in [0.717, 1.165) is 0 Å². The number of nitrogens with one attached hydrogen (secondary N) is 2. The van der Waals surface area contributed by atoms with E-state index in [0.29, 0.717) is 22.5 Å². The van der Waals surface area contributed by atoms with Crippen LogP contribution in [0.1, 0.15) is 15.9 Å². The van der Waals surface area contributed by atoms with Crippen molar-refractivity contribution in [3.8, 4) is 0 Å². The van der Waals surface area contributed by atoms with Gasteiger partial charge in [-0.25, -0.2) is 9.18 Å². The minimum atomic E-state index is -0.627. The number of benzene rings is 2. The topological polar surface area (TPSA) is 67.4 Å². The average molecular weight is 302 g/mol. The lowest BCUT2D eigenvalue weighted by Crippen LogP contribution is -2.14. The lowest BCUT2D eigenvalue weighted by Gasteiger charge is -2.08. The van der Waals surface area contributed by atoms with Crippen molar-refractivity contribution in [2.45, 2.75) is 6.92 Å². The van der Waals surface area contributed by atoms with Crippen molar-refractivity contribution < 1.29 is 18.7 Å². The number of aryl methyl sites for hydroxylation is 1.